The molecule has 0 bridgehead atoms. The average Bonchev–Trinajstić information content (AvgIpc) is 3.17. The Morgan fingerprint density at radius 2 is 1.82 bits per heavy atom. The van der Waals surface area contributed by atoms with Gasteiger partial charge in [0.15, 0.2) is 23.0 Å². The highest BCUT2D eigenvalue weighted by molar-refractivity contribution is 14.1. The first kappa shape index (κ1) is 19.0. The summed E-state index contributed by atoms with van der Waals surface area (Å²) in [5, 5.41) is 0. The van der Waals surface area contributed by atoms with Gasteiger partial charge in [0, 0.05) is 22.6 Å². The van der Waals surface area contributed by atoms with Crippen LogP contribution in [0.25, 0.3) is 11.1 Å². The van der Waals surface area contributed by atoms with Crippen molar-refractivity contribution in [2.24, 2.45) is 0 Å². The number of hydrogen-bond donors (Lipinski definition) is 0. The molecule has 0 radical (unpaired) electrons. The molecule has 0 spiro atoms. The average molecular weight is 492 g/mol. The van der Waals surface area contributed by atoms with E-state index in [1.54, 1.807) is 20.3 Å². The van der Waals surface area contributed by atoms with Gasteiger partial charge < -0.3 is 18.8 Å². The lowest BCUT2D eigenvalue weighted by molar-refractivity contribution is 0.0705. The van der Waals surface area contributed by atoms with Crippen LogP contribution >= 0.6 is 22.6 Å². The summed E-state index contributed by atoms with van der Waals surface area (Å²) in [6.07, 6.45) is 1.67. The summed E-state index contributed by atoms with van der Waals surface area (Å²) in [5.74, 6) is 2.21. The van der Waals surface area contributed by atoms with Gasteiger partial charge in [-0.25, -0.2) is 4.98 Å². The molecule has 0 aliphatic carbocycles. The Labute approximate surface area is 177 Å². The molecule has 1 saturated heterocycles. The van der Waals surface area contributed by atoms with Crippen LogP contribution in [0.5, 0.6) is 11.5 Å². The molecule has 1 aliphatic rings. The molecular weight excluding hydrogens is 471 g/mol. The van der Waals surface area contributed by atoms with Gasteiger partial charge in [-0.15, -0.1) is 0 Å². The zero-order valence-corrected chi connectivity index (χ0v) is 17.9. The summed E-state index contributed by atoms with van der Waals surface area (Å²) in [6.45, 7) is 1.35. The number of aromatic nitrogens is 1. The number of carbonyl (C=O) groups excluding carboxylic acids is 1. The van der Waals surface area contributed by atoms with Crippen molar-refractivity contribution < 1.29 is 18.7 Å². The summed E-state index contributed by atoms with van der Waals surface area (Å²) in [5.41, 5.74) is 2.34. The number of likely N-dealkylation sites (tertiary alicyclic amines) is 1. The molecule has 28 heavy (non-hydrogen) atoms. The second-order valence-electron chi connectivity index (χ2n) is 6.77. The van der Waals surface area contributed by atoms with Crippen LogP contribution in [0.4, 0.5) is 0 Å². The van der Waals surface area contributed by atoms with E-state index in [2.05, 4.69) is 27.6 Å². The van der Waals surface area contributed by atoms with E-state index in [-0.39, 0.29) is 11.8 Å². The van der Waals surface area contributed by atoms with Crippen molar-refractivity contribution in [2.75, 3.05) is 27.3 Å². The fourth-order valence-corrected chi connectivity index (χ4v) is 4.25. The summed E-state index contributed by atoms with van der Waals surface area (Å²) in [7, 11) is 3.16. The lowest BCUT2D eigenvalue weighted by Crippen LogP contribution is -2.38. The van der Waals surface area contributed by atoms with E-state index in [0.29, 0.717) is 30.2 Å². The monoisotopic (exact) mass is 492 g/mol. The number of nitrogens with zero attached hydrogens (tertiary/aromatic N) is 2. The van der Waals surface area contributed by atoms with Crippen LogP contribution in [0.2, 0.25) is 0 Å². The number of amides is 1. The van der Waals surface area contributed by atoms with Crippen molar-refractivity contribution in [3.8, 4) is 11.5 Å². The number of methoxy groups -OCH3 is 2. The number of fused-ring (bicyclic) bond motifs is 1. The predicted molar refractivity (Wildman–Crippen MR) is 114 cm³/mol. The Balaban J connectivity index is 1.48. The van der Waals surface area contributed by atoms with Crippen LogP contribution in [0.3, 0.4) is 0 Å². The van der Waals surface area contributed by atoms with Crippen molar-refractivity contribution in [1.29, 1.82) is 0 Å². The van der Waals surface area contributed by atoms with E-state index in [9.17, 15) is 4.79 Å². The van der Waals surface area contributed by atoms with Gasteiger partial charge in [-0.2, -0.15) is 0 Å². The smallest absolute Gasteiger partial charge is 0.255 e. The van der Waals surface area contributed by atoms with Crippen LogP contribution in [-0.2, 0) is 0 Å². The number of para-hydroxylation sites is 2. The molecule has 0 atom stereocenters. The quantitative estimate of drug-likeness (QED) is 0.503. The molecule has 1 fully saturated rings. The van der Waals surface area contributed by atoms with Crippen molar-refractivity contribution >= 4 is 39.6 Å². The molecule has 7 heteroatoms. The Morgan fingerprint density at radius 1 is 1.14 bits per heavy atom. The zero-order chi connectivity index (χ0) is 19.7. The Morgan fingerprint density at radius 3 is 2.50 bits per heavy atom. The molecule has 1 aromatic heterocycles. The number of piperidine rings is 1. The molecule has 1 amide bonds. The summed E-state index contributed by atoms with van der Waals surface area (Å²) in [6, 6.07) is 11.4. The second-order valence-corrected chi connectivity index (χ2v) is 7.94. The van der Waals surface area contributed by atoms with Crippen LogP contribution in [0.1, 0.15) is 35.0 Å². The SMILES string of the molecule is COc1cc(I)c(C(=O)N2CCC(c3nc4ccccc4o3)CC2)cc1OC. The molecule has 0 saturated carbocycles. The van der Waals surface area contributed by atoms with Gasteiger partial charge in [-0.3, -0.25) is 4.79 Å². The van der Waals surface area contributed by atoms with Crippen LogP contribution < -0.4 is 9.47 Å². The van der Waals surface area contributed by atoms with Gasteiger partial charge in [0.25, 0.3) is 5.91 Å². The number of benzene rings is 2. The molecule has 6 nitrogen and oxygen atoms in total. The van der Waals surface area contributed by atoms with Crippen molar-refractivity contribution in [3.05, 3.63) is 51.4 Å². The highest BCUT2D eigenvalue weighted by Gasteiger charge is 2.29. The summed E-state index contributed by atoms with van der Waals surface area (Å²) >= 11 is 2.17. The molecular formula is C21H21IN2O4. The third-order valence-corrected chi connectivity index (χ3v) is 6.04. The number of rotatable bonds is 4. The minimum Gasteiger partial charge on any atom is -0.493 e. The van der Waals surface area contributed by atoms with Crippen LogP contribution in [-0.4, -0.2) is 43.1 Å². The topological polar surface area (TPSA) is 64.8 Å². The first-order valence-electron chi connectivity index (χ1n) is 9.17. The molecule has 2 heterocycles. The number of oxazole rings is 1. The van der Waals surface area contributed by atoms with Crippen molar-refractivity contribution in [3.63, 3.8) is 0 Å². The molecule has 4 rings (SSSR count). The number of ether oxygens (including phenoxy) is 2. The minimum atomic E-state index is 0.0152. The van der Waals surface area contributed by atoms with Gasteiger partial charge in [0.2, 0.25) is 0 Å². The van der Waals surface area contributed by atoms with Crippen LogP contribution in [0.15, 0.2) is 40.8 Å². The molecule has 146 valence electrons. The molecule has 0 N–H and O–H groups in total. The second kappa shape index (κ2) is 7.98. The molecule has 2 aromatic carbocycles. The lowest BCUT2D eigenvalue weighted by Gasteiger charge is -2.31. The highest BCUT2D eigenvalue weighted by Crippen LogP contribution is 2.34. The first-order chi connectivity index (χ1) is 13.6. The van der Waals surface area contributed by atoms with E-state index < -0.39 is 0 Å². The van der Waals surface area contributed by atoms with E-state index >= 15 is 0 Å². The Bertz CT molecular complexity index is 976. The first-order valence-corrected chi connectivity index (χ1v) is 10.2. The van der Waals surface area contributed by atoms with Gasteiger partial charge in [-0.1, -0.05) is 12.1 Å². The van der Waals surface area contributed by atoms with Gasteiger partial charge in [-0.05, 0) is 59.7 Å². The number of halogens is 1. The highest BCUT2D eigenvalue weighted by atomic mass is 127. The zero-order valence-electron chi connectivity index (χ0n) is 15.8. The normalized spacial score (nSPS) is 15.0. The predicted octanol–water partition coefficient (Wildman–Crippen LogP) is 4.47. The lowest BCUT2D eigenvalue weighted by atomic mass is 9.96. The minimum absolute atomic E-state index is 0.0152. The largest absolute Gasteiger partial charge is 0.493 e. The third kappa shape index (κ3) is 3.55. The van der Waals surface area contributed by atoms with Crippen LogP contribution in [0, 0.1) is 3.57 Å². The maximum atomic E-state index is 13.1. The van der Waals surface area contributed by atoms with E-state index in [4.69, 9.17) is 13.9 Å². The Hall–Kier alpha value is -2.29. The fourth-order valence-electron chi connectivity index (χ4n) is 3.58. The molecule has 3 aromatic rings. The fraction of sp³-hybridized carbons (Fsp3) is 0.333. The van der Waals surface area contributed by atoms with Crippen molar-refractivity contribution in [2.45, 2.75) is 18.8 Å². The molecule has 0 unspecified atom stereocenters. The number of hydrogen-bond acceptors (Lipinski definition) is 5. The standard InChI is InChI=1S/C21H21IN2O4/c1-26-18-11-14(15(22)12-19(18)27-2)21(25)24-9-7-13(8-10-24)20-23-16-5-3-4-6-17(16)28-20/h3-6,11-13H,7-10H2,1-2H3. The maximum Gasteiger partial charge on any atom is 0.255 e. The number of carbonyl (C=O) groups is 1. The maximum absolute atomic E-state index is 13.1. The van der Waals surface area contributed by atoms with Gasteiger partial charge in [0.1, 0.15) is 5.52 Å². The summed E-state index contributed by atoms with van der Waals surface area (Å²) in [4.78, 5) is 19.6. The van der Waals surface area contributed by atoms with Gasteiger partial charge in [0.05, 0.1) is 19.8 Å². The van der Waals surface area contributed by atoms with Gasteiger partial charge >= 0.3 is 0 Å². The van der Waals surface area contributed by atoms with E-state index in [1.165, 1.54) is 0 Å². The van der Waals surface area contributed by atoms with E-state index in [1.807, 2.05) is 35.2 Å². The van der Waals surface area contributed by atoms with E-state index in [0.717, 1.165) is 33.4 Å². The Kier molecular flexibility index (Phi) is 5.43. The van der Waals surface area contributed by atoms with Crippen molar-refractivity contribution in [1.82, 2.24) is 9.88 Å². The third-order valence-electron chi connectivity index (χ3n) is 5.15. The molecule has 1 aliphatic heterocycles. The summed E-state index contributed by atoms with van der Waals surface area (Å²) < 4.78 is 17.4.